The summed E-state index contributed by atoms with van der Waals surface area (Å²) in [5.41, 5.74) is 3.72. The topological polar surface area (TPSA) is 60.1 Å². The Morgan fingerprint density at radius 2 is 1.68 bits per heavy atom. The molecule has 0 unspecified atom stereocenters. The number of fused-ring (bicyclic) bond motifs is 2. The van der Waals surface area contributed by atoms with E-state index < -0.39 is 0 Å². The molecular weight excluding hydrogens is 408 g/mol. The molecule has 0 N–H and O–H groups in total. The summed E-state index contributed by atoms with van der Waals surface area (Å²) in [6.07, 6.45) is 1.55. The quantitative estimate of drug-likeness (QED) is 0.285. The van der Waals surface area contributed by atoms with Crippen molar-refractivity contribution in [3.63, 3.8) is 0 Å². The zero-order valence-corrected chi connectivity index (χ0v) is 17.4. The predicted octanol–water partition coefficient (Wildman–Crippen LogP) is 5.46. The lowest BCUT2D eigenvalue weighted by Gasteiger charge is -2.09. The average molecular weight is 425 g/mol. The minimum Gasteiger partial charge on any atom is -0.267 e. The Morgan fingerprint density at radius 1 is 0.903 bits per heavy atom. The largest absolute Gasteiger partial charge is 0.282 e. The van der Waals surface area contributed by atoms with Crippen molar-refractivity contribution in [2.24, 2.45) is 5.10 Å². The van der Waals surface area contributed by atoms with Gasteiger partial charge in [-0.2, -0.15) is 9.78 Å². The molecule has 0 amide bonds. The number of nitrogens with zero attached hydrogens (tertiary/aromatic N) is 4. The maximum Gasteiger partial charge on any atom is 0.282 e. The number of aromatic nitrogens is 3. The molecule has 0 saturated carbocycles. The molecule has 0 spiro atoms. The molecule has 6 heteroatoms. The summed E-state index contributed by atoms with van der Waals surface area (Å²) in [6, 6.07) is 24.7. The molecule has 150 valence electrons. The van der Waals surface area contributed by atoms with Gasteiger partial charge in [0.05, 0.1) is 22.6 Å². The third-order valence-electron chi connectivity index (χ3n) is 5.05. The molecule has 31 heavy (non-hydrogen) atoms. The van der Waals surface area contributed by atoms with Crippen molar-refractivity contribution in [2.45, 2.75) is 6.92 Å². The van der Waals surface area contributed by atoms with Crippen LogP contribution in [0.25, 0.3) is 33.2 Å². The maximum absolute atomic E-state index is 13.2. The molecule has 2 aromatic heterocycles. The van der Waals surface area contributed by atoms with Gasteiger partial charge in [0.1, 0.15) is 5.15 Å². The molecule has 0 radical (unpaired) electrons. The number of para-hydroxylation sites is 1. The molecule has 2 heterocycles. The van der Waals surface area contributed by atoms with E-state index in [0.717, 1.165) is 22.0 Å². The molecule has 0 saturated heterocycles. The first-order valence-electron chi connectivity index (χ1n) is 9.79. The van der Waals surface area contributed by atoms with E-state index in [-0.39, 0.29) is 5.56 Å². The van der Waals surface area contributed by atoms with E-state index >= 15 is 0 Å². The van der Waals surface area contributed by atoms with Gasteiger partial charge in [0.25, 0.3) is 5.56 Å². The first-order chi connectivity index (χ1) is 15.1. The number of hydrogen-bond acceptors (Lipinski definition) is 4. The van der Waals surface area contributed by atoms with Crippen molar-refractivity contribution in [2.75, 3.05) is 0 Å². The van der Waals surface area contributed by atoms with Crippen LogP contribution in [0.4, 0.5) is 0 Å². The van der Waals surface area contributed by atoms with Gasteiger partial charge < -0.3 is 0 Å². The van der Waals surface area contributed by atoms with Gasteiger partial charge >= 0.3 is 0 Å². The van der Waals surface area contributed by atoms with Crippen LogP contribution in [0.2, 0.25) is 5.15 Å². The first-order valence-corrected chi connectivity index (χ1v) is 10.2. The van der Waals surface area contributed by atoms with Gasteiger partial charge in [0.2, 0.25) is 0 Å². The van der Waals surface area contributed by atoms with Gasteiger partial charge in [-0.05, 0) is 36.8 Å². The zero-order chi connectivity index (χ0) is 21.4. The summed E-state index contributed by atoms with van der Waals surface area (Å²) in [6.45, 7) is 2.01. The summed E-state index contributed by atoms with van der Waals surface area (Å²) < 4.78 is 1.31. The van der Waals surface area contributed by atoms with E-state index in [1.165, 1.54) is 4.68 Å². The molecule has 0 fully saturated rings. The van der Waals surface area contributed by atoms with Crippen molar-refractivity contribution in [1.29, 1.82) is 0 Å². The Labute approximate surface area is 183 Å². The van der Waals surface area contributed by atoms with E-state index in [2.05, 4.69) is 10.1 Å². The van der Waals surface area contributed by atoms with Crippen molar-refractivity contribution in [3.05, 3.63) is 105 Å². The lowest BCUT2D eigenvalue weighted by Crippen LogP contribution is -2.20. The number of rotatable bonds is 3. The SMILES string of the molecule is Cc1ccc2cc(C=Nn3c(-c4ccccc4)nc4ccccc4c3=O)c(Cl)nc2c1. The number of hydrogen-bond donors (Lipinski definition) is 0. The van der Waals surface area contributed by atoms with Crippen LogP contribution in [0.3, 0.4) is 0 Å². The maximum atomic E-state index is 13.2. The second-order valence-electron chi connectivity index (χ2n) is 7.24. The van der Waals surface area contributed by atoms with Crippen molar-refractivity contribution >= 4 is 39.6 Å². The van der Waals surface area contributed by atoms with E-state index in [1.54, 1.807) is 12.3 Å². The van der Waals surface area contributed by atoms with Crippen LogP contribution < -0.4 is 5.56 Å². The Morgan fingerprint density at radius 3 is 2.52 bits per heavy atom. The number of pyridine rings is 1. The van der Waals surface area contributed by atoms with Crippen LogP contribution in [-0.2, 0) is 0 Å². The van der Waals surface area contributed by atoms with Crippen molar-refractivity contribution in [3.8, 4) is 11.4 Å². The third-order valence-corrected chi connectivity index (χ3v) is 5.35. The minimum atomic E-state index is -0.249. The molecule has 5 aromatic rings. The van der Waals surface area contributed by atoms with E-state index in [9.17, 15) is 4.79 Å². The fourth-order valence-electron chi connectivity index (χ4n) is 3.49. The zero-order valence-electron chi connectivity index (χ0n) is 16.7. The summed E-state index contributed by atoms with van der Waals surface area (Å²) in [4.78, 5) is 22.4. The standard InChI is InChI=1S/C25H17ClN4O/c1-16-11-12-18-14-19(23(26)28-22(18)13-16)15-27-30-24(17-7-3-2-4-8-17)29-21-10-6-5-9-20(21)25(30)31/h2-15H,1H3. The fraction of sp³-hybridized carbons (Fsp3) is 0.0400. The summed E-state index contributed by atoms with van der Waals surface area (Å²) in [7, 11) is 0. The lowest BCUT2D eigenvalue weighted by molar-refractivity contribution is 0.829. The number of benzene rings is 3. The second kappa shape index (κ2) is 7.78. The Balaban J connectivity index is 1.70. The van der Waals surface area contributed by atoms with Crippen molar-refractivity contribution in [1.82, 2.24) is 14.6 Å². The Bertz CT molecular complexity index is 1520. The van der Waals surface area contributed by atoms with Crippen LogP contribution >= 0.6 is 11.6 Å². The predicted molar refractivity (Wildman–Crippen MR) is 126 cm³/mol. The lowest BCUT2D eigenvalue weighted by atomic mass is 10.1. The highest BCUT2D eigenvalue weighted by molar-refractivity contribution is 6.32. The minimum absolute atomic E-state index is 0.249. The molecule has 0 aliphatic heterocycles. The Kier molecular flexibility index (Phi) is 4.81. The van der Waals surface area contributed by atoms with Gasteiger partial charge in [-0.25, -0.2) is 9.97 Å². The second-order valence-corrected chi connectivity index (χ2v) is 7.60. The normalized spacial score (nSPS) is 11.5. The van der Waals surface area contributed by atoms with Crippen LogP contribution in [0, 0.1) is 6.92 Å². The fourth-order valence-corrected chi connectivity index (χ4v) is 3.68. The molecular formula is C25H17ClN4O. The van der Waals surface area contributed by atoms with Gasteiger partial charge in [-0.3, -0.25) is 4.79 Å². The van der Waals surface area contributed by atoms with Crippen LogP contribution in [0.1, 0.15) is 11.1 Å². The van der Waals surface area contributed by atoms with E-state index in [1.807, 2.05) is 79.7 Å². The molecule has 5 rings (SSSR count). The first kappa shape index (κ1) is 19.2. The highest BCUT2D eigenvalue weighted by atomic mass is 35.5. The van der Waals surface area contributed by atoms with Crippen molar-refractivity contribution < 1.29 is 0 Å². The van der Waals surface area contributed by atoms with Crippen LogP contribution in [-0.4, -0.2) is 20.9 Å². The number of aryl methyl sites for hydroxylation is 1. The monoisotopic (exact) mass is 424 g/mol. The smallest absolute Gasteiger partial charge is 0.267 e. The van der Waals surface area contributed by atoms with E-state index in [4.69, 9.17) is 16.6 Å². The van der Waals surface area contributed by atoms with Crippen LogP contribution in [0.5, 0.6) is 0 Å². The van der Waals surface area contributed by atoms with Gasteiger partial charge in [0, 0.05) is 16.5 Å². The molecule has 0 bridgehead atoms. The summed E-state index contributed by atoms with van der Waals surface area (Å²) >= 11 is 6.41. The molecule has 5 nitrogen and oxygen atoms in total. The molecule has 3 aromatic carbocycles. The highest BCUT2D eigenvalue weighted by Gasteiger charge is 2.12. The van der Waals surface area contributed by atoms with Crippen LogP contribution in [0.15, 0.2) is 88.8 Å². The highest BCUT2D eigenvalue weighted by Crippen LogP contribution is 2.22. The number of halogens is 1. The summed E-state index contributed by atoms with van der Waals surface area (Å²) in [5, 5.41) is 6.25. The van der Waals surface area contributed by atoms with E-state index in [0.29, 0.717) is 27.4 Å². The summed E-state index contributed by atoms with van der Waals surface area (Å²) in [5.74, 6) is 0.459. The van der Waals surface area contributed by atoms with Gasteiger partial charge in [-0.1, -0.05) is 66.2 Å². The molecule has 0 atom stereocenters. The third kappa shape index (κ3) is 3.60. The van der Waals surface area contributed by atoms with Gasteiger partial charge in [0.15, 0.2) is 5.82 Å². The Hall–Kier alpha value is -3.83. The van der Waals surface area contributed by atoms with Gasteiger partial charge in [-0.15, -0.1) is 0 Å². The molecule has 0 aliphatic carbocycles. The molecule has 0 aliphatic rings. The average Bonchev–Trinajstić information content (AvgIpc) is 2.79.